The van der Waals surface area contributed by atoms with Crippen molar-refractivity contribution in [1.82, 2.24) is 15.6 Å². The zero-order valence-electron chi connectivity index (χ0n) is 14.5. The molecule has 0 bridgehead atoms. The molecule has 0 radical (unpaired) electrons. The van der Waals surface area contributed by atoms with Gasteiger partial charge in [0.25, 0.3) is 0 Å². The highest BCUT2D eigenvalue weighted by atomic mass is 127. The molecule has 1 aliphatic rings. The fraction of sp³-hybridized carbons (Fsp3) is 0.444. The van der Waals surface area contributed by atoms with Gasteiger partial charge >= 0.3 is 0 Å². The first-order valence-electron chi connectivity index (χ1n) is 8.50. The molecular weight excluding hydrogens is 429 g/mol. The minimum Gasteiger partial charge on any atom is -0.469 e. The molecule has 0 aliphatic carbocycles. The molecule has 0 saturated carbocycles. The lowest BCUT2D eigenvalue weighted by Crippen LogP contribution is -2.49. The number of hydrogen-bond donors (Lipinski definition) is 2. The molecule has 3 rings (SSSR count). The van der Waals surface area contributed by atoms with Crippen molar-refractivity contribution in [1.29, 1.82) is 0 Å². The smallest absolute Gasteiger partial charge is 0.191 e. The van der Waals surface area contributed by atoms with Crippen LogP contribution in [-0.4, -0.2) is 43.7 Å². The standard InChI is InChI=1S/C18H25N5O.HI/c1-19-18(21-11-7-16-5-4-14-24-16)22-15-8-12-23(13-9-15)17-6-2-3-10-20-17;/h2-6,10,14-15H,7-9,11-13H2,1H3,(H2,19,21,22);1H. The lowest BCUT2D eigenvalue weighted by Gasteiger charge is -2.33. The van der Waals surface area contributed by atoms with Crippen LogP contribution in [0.2, 0.25) is 0 Å². The lowest BCUT2D eigenvalue weighted by molar-refractivity contribution is 0.458. The van der Waals surface area contributed by atoms with Crippen molar-refractivity contribution in [2.24, 2.45) is 4.99 Å². The van der Waals surface area contributed by atoms with Gasteiger partial charge in [0.05, 0.1) is 6.26 Å². The SMILES string of the molecule is CN=C(NCCc1ccco1)NC1CCN(c2ccccn2)CC1.I. The number of guanidine groups is 1. The van der Waals surface area contributed by atoms with Gasteiger partial charge < -0.3 is 20.0 Å². The number of hydrogen-bond acceptors (Lipinski definition) is 4. The number of nitrogens with zero attached hydrogens (tertiary/aromatic N) is 3. The minimum absolute atomic E-state index is 0. The number of nitrogens with one attached hydrogen (secondary N) is 2. The Morgan fingerprint density at radius 3 is 2.76 bits per heavy atom. The van der Waals surface area contributed by atoms with Crippen LogP contribution < -0.4 is 15.5 Å². The van der Waals surface area contributed by atoms with E-state index in [-0.39, 0.29) is 24.0 Å². The average Bonchev–Trinajstić information content (AvgIpc) is 3.15. The van der Waals surface area contributed by atoms with Crippen molar-refractivity contribution in [2.45, 2.75) is 25.3 Å². The number of piperidine rings is 1. The van der Waals surface area contributed by atoms with Gasteiger partial charge in [-0.3, -0.25) is 4.99 Å². The Balaban J connectivity index is 0.00000225. The molecule has 7 heteroatoms. The fourth-order valence-corrected chi connectivity index (χ4v) is 2.94. The highest BCUT2D eigenvalue weighted by Crippen LogP contribution is 2.17. The minimum atomic E-state index is 0. The van der Waals surface area contributed by atoms with Crippen molar-refractivity contribution >= 4 is 35.8 Å². The maximum atomic E-state index is 5.34. The van der Waals surface area contributed by atoms with Gasteiger partial charge in [0, 0.05) is 45.3 Å². The van der Waals surface area contributed by atoms with Crippen LogP contribution in [0.5, 0.6) is 0 Å². The Morgan fingerprint density at radius 2 is 2.12 bits per heavy atom. The number of aliphatic imine (C=N–C) groups is 1. The maximum absolute atomic E-state index is 5.34. The largest absolute Gasteiger partial charge is 0.469 e. The predicted molar refractivity (Wildman–Crippen MR) is 112 cm³/mol. The second kappa shape index (κ2) is 10.3. The van der Waals surface area contributed by atoms with Crippen molar-refractivity contribution in [3.05, 3.63) is 48.6 Å². The van der Waals surface area contributed by atoms with Crippen LogP contribution in [0.4, 0.5) is 5.82 Å². The summed E-state index contributed by atoms with van der Waals surface area (Å²) in [5.74, 6) is 2.91. The Kier molecular flexibility index (Phi) is 8.03. The molecule has 25 heavy (non-hydrogen) atoms. The van der Waals surface area contributed by atoms with E-state index in [4.69, 9.17) is 4.42 Å². The Morgan fingerprint density at radius 1 is 1.28 bits per heavy atom. The van der Waals surface area contributed by atoms with Crippen molar-refractivity contribution in [2.75, 3.05) is 31.6 Å². The maximum Gasteiger partial charge on any atom is 0.191 e. The van der Waals surface area contributed by atoms with E-state index in [0.717, 1.165) is 56.4 Å². The number of aromatic nitrogens is 1. The summed E-state index contributed by atoms with van der Waals surface area (Å²) in [6.45, 7) is 2.83. The van der Waals surface area contributed by atoms with E-state index in [2.05, 4.69) is 31.6 Å². The Hall–Kier alpha value is -1.77. The molecule has 0 aromatic carbocycles. The normalized spacial score (nSPS) is 15.6. The third-order valence-corrected chi connectivity index (χ3v) is 4.28. The molecule has 1 saturated heterocycles. The summed E-state index contributed by atoms with van der Waals surface area (Å²) in [6.07, 6.45) is 6.57. The first-order valence-corrected chi connectivity index (χ1v) is 8.50. The zero-order chi connectivity index (χ0) is 16.6. The summed E-state index contributed by atoms with van der Waals surface area (Å²) >= 11 is 0. The summed E-state index contributed by atoms with van der Waals surface area (Å²) in [6, 6.07) is 10.4. The number of halogens is 1. The van der Waals surface area contributed by atoms with Gasteiger partial charge in [0.15, 0.2) is 5.96 Å². The van der Waals surface area contributed by atoms with Crippen LogP contribution in [0, 0.1) is 0 Å². The molecule has 2 N–H and O–H groups in total. The molecule has 0 amide bonds. The number of furan rings is 1. The van der Waals surface area contributed by atoms with Gasteiger partial charge in [-0.15, -0.1) is 24.0 Å². The fourth-order valence-electron chi connectivity index (χ4n) is 2.94. The highest BCUT2D eigenvalue weighted by Gasteiger charge is 2.20. The van der Waals surface area contributed by atoms with E-state index in [0.29, 0.717) is 6.04 Å². The summed E-state index contributed by atoms with van der Waals surface area (Å²) in [5, 5.41) is 6.87. The molecule has 3 heterocycles. The van der Waals surface area contributed by atoms with E-state index in [1.165, 1.54) is 0 Å². The van der Waals surface area contributed by atoms with Crippen molar-refractivity contribution in [3.8, 4) is 0 Å². The van der Waals surface area contributed by atoms with Gasteiger partial charge in [-0.2, -0.15) is 0 Å². The van der Waals surface area contributed by atoms with E-state index in [1.807, 2.05) is 37.5 Å². The third-order valence-electron chi connectivity index (χ3n) is 4.28. The van der Waals surface area contributed by atoms with E-state index < -0.39 is 0 Å². The lowest BCUT2D eigenvalue weighted by atomic mass is 10.1. The molecule has 6 nitrogen and oxygen atoms in total. The molecule has 2 aromatic heterocycles. The van der Waals surface area contributed by atoms with Crippen LogP contribution in [0.15, 0.2) is 52.2 Å². The van der Waals surface area contributed by atoms with Crippen molar-refractivity contribution < 1.29 is 4.42 Å². The summed E-state index contributed by atoms with van der Waals surface area (Å²) in [5.41, 5.74) is 0. The molecule has 0 spiro atoms. The number of rotatable bonds is 5. The van der Waals surface area contributed by atoms with Crippen LogP contribution in [0.1, 0.15) is 18.6 Å². The zero-order valence-corrected chi connectivity index (χ0v) is 16.8. The summed E-state index contributed by atoms with van der Waals surface area (Å²) < 4.78 is 5.34. The number of pyridine rings is 1. The third kappa shape index (κ3) is 5.91. The number of anilines is 1. The predicted octanol–water partition coefficient (Wildman–Crippen LogP) is 2.67. The molecule has 0 atom stereocenters. The summed E-state index contributed by atoms with van der Waals surface area (Å²) in [4.78, 5) is 11.1. The average molecular weight is 455 g/mol. The first kappa shape index (κ1) is 19.6. The second-order valence-corrected chi connectivity index (χ2v) is 5.92. The summed E-state index contributed by atoms with van der Waals surface area (Å²) in [7, 11) is 1.81. The van der Waals surface area contributed by atoms with Crippen LogP contribution >= 0.6 is 24.0 Å². The van der Waals surface area contributed by atoms with Gasteiger partial charge in [0.2, 0.25) is 0 Å². The molecule has 1 aliphatic heterocycles. The highest BCUT2D eigenvalue weighted by molar-refractivity contribution is 14.0. The topological polar surface area (TPSA) is 65.7 Å². The monoisotopic (exact) mass is 455 g/mol. The Bertz CT molecular complexity index is 624. The van der Waals surface area contributed by atoms with Crippen LogP contribution in [0.3, 0.4) is 0 Å². The molecule has 2 aromatic rings. The van der Waals surface area contributed by atoms with Crippen LogP contribution in [-0.2, 0) is 6.42 Å². The van der Waals surface area contributed by atoms with E-state index in [9.17, 15) is 0 Å². The molecule has 0 unspecified atom stereocenters. The van der Waals surface area contributed by atoms with Gasteiger partial charge in [-0.25, -0.2) is 4.98 Å². The molecule has 136 valence electrons. The van der Waals surface area contributed by atoms with Crippen molar-refractivity contribution in [3.63, 3.8) is 0 Å². The van der Waals surface area contributed by atoms with E-state index >= 15 is 0 Å². The van der Waals surface area contributed by atoms with Gasteiger partial charge in [-0.1, -0.05) is 6.07 Å². The quantitative estimate of drug-likeness (QED) is 0.413. The molecular formula is C18H26IN5O. The van der Waals surface area contributed by atoms with Gasteiger partial charge in [0.1, 0.15) is 11.6 Å². The molecule has 1 fully saturated rings. The van der Waals surface area contributed by atoms with Crippen LogP contribution in [0.25, 0.3) is 0 Å². The second-order valence-electron chi connectivity index (χ2n) is 5.92. The Labute approximate surface area is 166 Å². The van der Waals surface area contributed by atoms with Gasteiger partial charge in [-0.05, 0) is 37.1 Å². The van der Waals surface area contributed by atoms with E-state index in [1.54, 1.807) is 6.26 Å². The first-order chi connectivity index (χ1) is 11.8.